The molecule has 0 radical (unpaired) electrons. The monoisotopic (exact) mass is 226 g/mol. The Morgan fingerprint density at radius 2 is 2.14 bits per heavy atom. The summed E-state index contributed by atoms with van der Waals surface area (Å²) in [6.45, 7) is 0. The van der Waals surface area contributed by atoms with Gasteiger partial charge >= 0.3 is 6.18 Å². The molecule has 0 bridgehead atoms. The fraction of sp³-hybridized carbons (Fsp3) is 0.625. The first-order chi connectivity index (χ1) is 6.46. The molecule has 1 rings (SSSR count). The summed E-state index contributed by atoms with van der Waals surface area (Å²) in [5.41, 5.74) is -0.240. The van der Waals surface area contributed by atoms with Crippen molar-refractivity contribution in [1.29, 1.82) is 0 Å². The van der Waals surface area contributed by atoms with Gasteiger partial charge in [-0.05, 0) is 0 Å². The summed E-state index contributed by atoms with van der Waals surface area (Å²) >= 11 is 1.31. The van der Waals surface area contributed by atoms with E-state index in [1.54, 1.807) is 0 Å². The number of ether oxygens (including phenoxy) is 1. The lowest BCUT2D eigenvalue weighted by molar-refractivity contribution is -0.166. The van der Waals surface area contributed by atoms with Gasteiger partial charge in [0, 0.05) is 17.9 Å². The van der Waals surface area contributed by atoms with E-state index in [0.29, 0.717) is 12.2 Å². The van der Waals surface area contributed by atoms with E-state index in [4.69, 9.17) is 4.74 Å². The second-order valence-electron chi connectivity index (χ2n) is 2.74. The summed E-state index contributed by atoms with van der Waals surface area (Å²) in [6.07, 6.45) is -4.41. The van der Waals surface area contributed by atoms with Crippen LogP contribution in [0.3, 0.4) is 0 Å². The number of carbonyl (C=O) groups excluding carboxylic acids is 1. The normalized spacial score (nSPS) is 18.3. The van der Waals surface area contributed by atoms with Crippen LogP contribution in [-0.4, -0.2) is 30.6 Å². The molecule has 0 saturated heterocycles. The van der Waals surface area contributed by atoms with Gasteiger partial charge in [-0.2, -0.15) is 24.9 Å². The molecule has 0 aromatic rings. The van der Waals surface area contributed by atoms with Gasteiger partial charge in [-0.1, -0.05) is 0 Å². The quantitative estimate of drug-likeness (QED) is 0.721. The Bertz CT molecular complexity index is 270. The molecule has 0 N–H and O–H groups in total. The van der Waals surface area contributed by atoms with E-state index in [1.165, 1.54) is 18.9 Å². The van der Waals surface area contributed by atoms with Crippen LogP contribution in [0.4, 0.5) is 13.2 Å². The molecule has 0 aliphatic carbocycles. The van der Waals surface area contributed by atoms with E-state index >= 15 is 0 Å². The van der Waals surface area contributed by atoms with E-state index in [-0.39, 0.29) is 17.1 Å². The molecule has 0 aromatic carbocycles. The number of allylic oxidation sites excluding steroid dienone is 1. The number of methoxy groups -OCH3 is 1. The van der Waals surface area contributed by atoms with Gasteiger partial charge in [0.05, 0.1) is 12.7 Å². The van der Waals surface area contributed by atoms with Gasteiger partial charge in [-0.15, -0.1) is 0 Å². The predicted octanol–water partition coefficient (Wildman–Crippen LogP) is 2.16. The van der Waals surface area contributed by atoms with Gasteiger partial charge in [0.25, 0.3) is 5.78 Å². The van der Waals surface area contributed by atoms with Crippen LogP contribution in [0.15, 0.2) is 11.3 Å². The van der Waals surface area contributed by atoms with Crippen molar-refractivity contribution in [3.05, 3.63) is 11.3 Å². The van der Waals surface area contributed by atoms with Crippen molar-refractivity contribution in [3.8, 4) is 0 Å². The van der Waals surface area contributed by atoms with Crippen molar-refractivity contribution in [1.82, 2.24) is 0 Å². The lowest BCUT2D eigenvalue weighted by atomic mass is 10.1. The summed E-state index contributed by atoms with van der Waals surface area (Å²) in [6, 6.07) is 0. The number of rotatable bonds is 2. The smallest absolute Gasteiger partial charge is 0.454 e. The number of hydrogen-bond acceptors (Lipinski definition) is 3. The maximum atomic E-state index is 12.1. The maximum absolute atomic E-state index is 12.1. The first kappa shape index (κ1) is 11.4. The highest BCUT2D eigenvalue weighted by Crippen LogP contribution is 2.30. The number of Topliss-reactive ketones (excluding diaryl/α,β-unsaturated/α-hetero) is 1. The number of halogens is 3. The van der Waals surface area contributed by atoms with Crippen LogP contribution in [0, 0.1) is 0 Å². The van der Waals surface area contributed by atoms with Gasteiger partial charge in [0.2, 0.25) is 0 Å². The predicted molar refractivity (Wildman–Crippen MR) is 47.0 cm³/mol. The Balaban J connectivity index is 2.93. The summed E-state index contributed by atoms with van der Waals surface area (Å²) in [7, 11) is 1.29. The minimum atomic E-state index is -4.79. The Kier molecular flexibility index (Phi) is 3.47. The Hall–Kier alpha value is -0.650. The van der Waals surface area contributed by atoms with Crippen molar-refractivity contribution < 1.29 is 22.7 Å². The Morgan fingerprint density at radius 1 is 1.50 bits per heavy atom. The highest BCUT2D eigenvalue weighted by atomic mass is 32.2. The van der Waals surface area contributed by atoms with Crippen molar-refractivity contribution in [3.63, 3.8) is 0 Å². The van der Waals surface area contributed by atoms with Crippen molar-refractivity contribution >= 4 is 17.5 Å². The Morgan fingerprint density at radius 3 is 2.64 bits per heavy atom. The number of ketones is 1. The van der Waals surface area contributed by atoms with E-state index < -0.39 is 12.0 Å². The van der Waals surface area contributed by atoms with E-state index in [2.05, 4.69) is 0 Å². The Labute approximate surface area is 83.5 Å². The molecule has 1 aliphatic heterocycles. The first-order valence-corrected chi connectivity index (χ1v) is 5.07. The number of hydrogen-bond donors (Lipinski definition) is 0. The highest BCUT2D eigenvalue weighted by molar-refractivity contribution is 7.99. The van der Waals surface area contributed by atoms with Crippen LogP contribution in [0.25, 0.3) is 0 Å². The molecule has 80 valence electrons. The molecular weight excluding hydrogens is 217 g/mol. The zero-order chi connectivity index (χ0) is 10.8. The second kappa shape index (κ2) is 4.25. The molecule has 14 heavy (non-hydrogen) atoms. The van der Waals surface area contributed by atoms with Crippen LogP contribution in [0.5, 0.6) is 0 Å². The third-order valence-electron chi connectivity index (χ3n) is 1.83. The van der Waals surface area contributed by atoms with Gasteiger partial charge in [0.15, 0.2) is 0 Å². The second-order valence-corrected chi connectivity index (χ2v) is 3.84. The molecule has 1 aliphatic rings. The fourth-order valence-electron chi connectivity index (χ4n) is 1.16. The zero-order valence-electron chi connectivity index (χ0n) is 7.48. The van der Waals surface area contributed by atoms with Crippen molar-refractivity contribution in [2.75, 3.05) is 18.6 Å². The lowest BCUT2D eigenvalue weighted by Crippen LogP contribution is -2.28. The van der Waals surface area contributed by atoms with Crippen LogP contribution in [0.2, 0.25) is 0 Å². The fourth-order valence-corrected chi connectivity index (χ4v) is 2.13. The molecule has 6 heteroatoms. The standard InChI is InChI=1S/C8H9F3O2S/c1-13-6-2-3-14-4-5(6)7(12)8(9,10)11/h2-4H2,1H3. The molecule has 0 saturated carbocycles. The highest BCUT2D eigenvalue weighted by Gasteiger charge is 2.42. The third-order valence-corrected chi connectivity index (χ3v) is 2.82. The van der Waals surface area contributed by atoms with E-state index in [0.717, 1.165) is 0 Å². The van der Waals surface area contributed by atoms with Gasteiger partial charge in [-0.3, -0.25) is 4.79 Å². The van der Waals surface area contributed by atoms with Crippen LogP contribution >= 0.6 is 11.8 Å². The van der Waals surface area contributed by atoms with Crippen molar-refractivity contribution in [2.45, 2.75) is 12.6 Å². The SMILES string of the molecule is COC1=C(C(=O)C(F)(F)F)CSCC1. The van der Waals surface area contributed by atoms with E-state index in [1.807, 2.05) is 0 Å². The van der Waals surface area contributed by atoms with Gasteiger partial charge in [-0.25, -0.2) is 0 Å². The molecule has 0 fully saturated rings. The number of alkyl halides is 3. The van der Waals surface area contributed by atoms with Crippen molar-refractivity contribution in [2.24, 2.45) is 0 Å². The van der Waals surface area contributed by atoms with Gasteiger partial charge in [0.1, 0.15) is 5.76 Å². The topological polar surface area (TPSA) is 26.3 Å². The average molecular weight is 226 g/mol. The third kappa shape index (κ3) is 2.43. The molecule has 0 unspecified atom stereocenters. The lowest BCUT2D eigenvalue weighted by Gasteiger charge is -2.18. The first-order valence-electron chi connectivity index (χ1n) is 3.92. The maximum Gasteiger partial charge on any atom is 0.454 e. The van der Waals surface area contributed by atoms with Gasteiger partial charge < -0.3 is 4.74 Å². The molecule has 0 aromatic heterocycles. The minimum Gasteiger partial charge on any atom is -0.501 e. The van der Waals surface area contributed by atoms with Crippen LogP contribution in [-0.2, 0) is 9.53 Å². The summed E-state index contributed by atoms with van der Waals surface area (Å²) in [5.74, 6) is -0.827. The summed E-state index contributed by atoms with van der Waals surface area (Å²) in [5, 5.41) is 0. The van der Waals surface area contributed by atoms with E-state index in [9.17, 15) is 18.0 Å². The average Bonchev–Trinajstić information content (AvgIpc) is 2.15. The molecule has 0 amide bonds. The minimum absolute atomic E-state index is 0.0848. The zero-order valence-corrected chi connectivity index (χ0v) is 8.30. The molecule has 0 atom stereocenters. The summed E-state index contributed by atoms with van der Waals surface area (Å²) < 4.78 is 41.0. The molecule has 1 heterocycles. The molecular formula is C8H9F3O2S. The largest absolute Gasteiger partial charge is 0.501 e. The number of carbonyl (C=O) groups is 1. The number of thioether (sulfide) groups is 1. The summed E-state index contributed by atoms with van der Waals surface area (Å²) in [4.78, 5) is 10.9. The van der Waals surface area contributed by atoms with Crippen LogP contribution < -0.4 is 0 Å². The molecule has 2 nitrogen and oxygen atoms in total. The van der Waals surface area contributed by atoms with Crippen LogP contribution in [0.1, 0.15) is 6.42 Å². The molecule has 0 spiro atoms.